The van der Waals surface area contributed by atoms with Crippen molar-refractivity contribution in [2.24, 2.45) is 10.9 Å². The maximum Gasteiger partial charge on any atom is 0.191 e. The average Bonchev–Trinajstić information content (AvgIpc) is 3.23. The highest BCUT2D eigenvalue weighted by Crippen LogP contribution is 2.31. The van der Waals surface area contributed by atoms with E-state index in [0.717, 1.165) is 55.3 Å². The highest BCUT2D eigenvalue weighted by Gasteiger charge is 2.34. The van der Waals surface area contributed by atoms with E-state index < -0.39 is 0 Å². The fourth-order valence-electron chi connectivity index (χ4n) is 4.24. The molecule has 0 radical (unpaired) electrons. The number of nitrogens with zero attached hydrogens (tertiary/aromatic N) is 2. The molecule has 0 amide bonds. The number of hydrogen-bond acceptors (Lipinski definition) is 4. The number of likely N-dealkylation sites (tertiary alicyclic amines) is 1. The minimum absolute atomic E-state index is 0.155. The van der Waals surface area contributed by atoms with Crippen LogP contribution < -0.4 is 15.4 Å². The number of ether oxygens (including phenoxy) is 2. The topological polar surface area (TPSA) is 58.1 Å². The first-order valence-corrected chi connectivity index (χ1v) is 11.3. The number of rotatable bonds is 8. The summed E-state index contributed by atoms with van der Waals surface area (Å²) in [6.07, 6.45) is 5.21. The van der Waals surface area contributed by atoms with E-state index in [1.807, 2.05) is 0 Å². The number of aliphatic imine (C=N–C) groups is 1. The van der Waals surface area contributed by atoms with Crippen LogP contribution in [0.4, 0.5) is 0 Å². The van der Waals surface area contributed by atoms with E-state index in [-0.39, 0.29) is 6.10 Å². The molecule has 2 atom stereocenters. The highest BCUT2D eigenvalue weighted by molar-refractivity contribution is 5.79. The van der Waals surface area contributed by atoms with Crippen molar-refractivity contribution in [3.8, 4) is 5.75 Å². The molecule has 2 N–H and O–H groups in total. The van der Waals surface area contributed by atoms with Gasteiger partial charge >= 0.3 is 0 Å². The molecule has 2 aliphatic heterocycles. The Bertz CT molecular complexity index is 698. The zero-order valence-corrected chi connectivity index (χ0v) is 18.0. The molecule has 3 aliphatic rings. The third-order valence-corrected chi connectivity index (χ3v) is 6.09. The molecule has 1 aromatic rings. The summed E-state index contributed by atoms with van der Waals surface area (Å²) in [4.78, 5) is 7.51. The van der Waals surface area contributed by atoms with Gasteiger partial charge in [-0.05, 0) is 57.2 Å². The van der Waals surface area contributed by atoms with Crippen molar-refractivity contribution in [3.05, 3.63) is 29.3 Å². The summed E-state index contributed by atoms with van der Waals surface area (Å²) >= 11 is 0. The molecule has 160 valence electrons. The van der Waals surface area contributed by atoms with Crippen LogP contribution in [0.5, 0.6) is 5.75 Å². The Labute approximate surface area is 175 Å². The van der Waals surface area contributed by atoms with Crippen LogP contribution >= 0.6 is 0 Å². The summed E-state index contributed by atoms with van der Waals surface area (Å²) in [5.74, 6) is 2.56. The number of hydrogen-bond donors (Lipinski definition) is 2. The van der Waals surface area contributed by atoms with Gasteiger partial charge in [0.15, 0.2) is 5.96 Å². The smallest absolute Gasteiger partial charge is 0.191 e. The number of aryl methyl sites for hydroxylation is 1. The van der Waals surface area contributed by atoms with Crippen LogP contribution in [0.3, 0.4) is 0 Å². The molecular formula is C23H36N4O2. The molecule has 6 nitrogen and oxygen atoms in total. The Morgan fingerprint density at radius 1 is 1.24 bits per heavy atom. The third-order valence-electron chi connectivity index (χ3n) is 6.09. The van der Waals surface area contributed by atoms with Crippen LogP contribution in [0.25, 0.3) is 0 Å². The van der Waals surface area contributed by atoms with Gasteiger partial charge in [-0.25, -0.2) is 4.99 Å². The molecule has 0 bridgehead atoms. The van der Waals surface area contributed by atoms with Crippen molar-refractivity contribution in [2.45, 2.75) is 58.2 Å². The molecule has 1 aromatic carbocycles. The molecule has 1 saturated carbocycles. The quantitative estimate of drug-likeness (QED) is 0.519. The summed E-state index contributed by atoms with van der Waals surface area (Å²) < 4.78 is 11.7. The monoisotopic (exact) mass is 400 g/mol. The standard InChI is InChI=1S/C23H36N4O2/c1-3-24-23(25-13-18-8-10-27(15-18)20-6-7-20)26-14-19-5-4-17(2)12-22(19)29-21-9-11-28-16-21/h4-5,12,18,20-21H,3,6-11,13-16H2,1-2H3,(H2,24,25,26). The van der Waals surface area contributed by atoms with Crippen molar-refractivity contribution in [1.82, 2.24) is 15.5 Å². The second-order valence-corrected chi connectivity index (χ2v) is 8.67. The number of benzene rings is 1. The van der Waals surface area contributed by atoms with Gasteiger partial charge in [0.1, 0.15) is 11.9 Å². The molecule has 2 saturated heterocycles. The van der Waals surface area contributed by atoms with Crippen LogP contribution in [0.15, 0.2) is 23.2 Å². The maximum atomic E-state index is 6.22. The van der Waals surface area contributed by atoms with Gasteiger partial charge < -0.3 is 25.0 Å². The van der Waals surface area contributed by atoms with E-state index in [1.54, 1.807) is 0 Å². The highest BCUT2D eigenvalue weighted by atomic mass is 16.5. The predicted octanol–water partition coefficient (Wildman–Crippen LogP) is 2.70. The summed E-state index contributed by atoms with van der Waals surface area (Å²) in [6, 6.07) is 7.27. The van der Waals surface area contributed by atoms with Gasteiger partial charge in [0, 0.05) is 37.7 Å². The summed E-state index contributed by atoms with van der Waals surface area (Å²) in [6.45, 7) is 10.6. The average molecular weight is 401 g/mol. The van der Waals surface area contributed by atoms with Gasteiger partial charge in [-0.3, -0.25) is 0 Å². The number of guanidine groups is 1. The zero-order chi connectivity index (χ0) is 20.1. The molecule has 29 heavy (non-hydrogen) atoms. The Hall–Kier alpha value is -1.79. The van der Waals surface area contributed by atoms with E-state index in [1.165, 1.54) is 37.9 Å². The van der Waals surface area contributed by atoms with Crippen molar-refractivity contribution in [3.63, 3.8) is 0 Å². The van der Waals surface area contributed by atoms with Crippen LogP contribution in [-0.2, 0) is 11.3 Å². The van der Waals surface area contributed by atoms with Gasteiger partial charge in [-0.2, -0.15) is 0 Å². The first-order valence-electron chi connectivity index (χ1n) is 11.3. The first-order chi connectivity index (χ1) is 14.2. The van der Waals surface area contributed by atoms with Crippen molar-refractivity contribution >= 4 is 5.96 Å². The van der Waals surface area contributed by atoms with Gasteiger partial charge in [0.05, 0.1) is 19.8 Å². The zero-order valence-electron chi connectivity index (χ0n) is 18.0. The van der Waals surface area contributed by atoms with Gasteiger partial charge in [0.25, 0.3) is 0 Å². The fraction of sp³-hybridized carbons (Fsp3) is 0.696. The lowest BCUT2D eigenvalue weighted by Gasteiger charge is -2.18. The van der Waals surface area contributed by atoms with Gasteiger partial charge in [-0.1, -0.05) is 12.1 Å². The molecule has 3 fully saturated rings. The predicted molar refractivity (Wildman–Crippen MR) is 117 cm³/mol. The van der Waals surface area contributed by atoms with Crippen molar-refractivity contribution < 1.29 is 9.47 Å². The first kappa shape index (κ1) is 20.5. The van der Waals surface area contributed by atoms with E-state index in [2.05, 4.69) is 47.6 Å². The third kappa shape index (κ3) is 5.86. The molecular weight excluding hydrogens is 364 g/mol. The van der Waals surface area contributed by atoms with E-state index in [0.29, 0.717) is 13.2 Å². The van der Waals surface area contributed by atoms with Crippen LogP contribution in [0.2, 0.25) is 0 Å². The SMILES string of the molecule is CCNC(=NCc1ccc(C)cc1OC1CCOC1)NCC1CCN(C2CC2)C1. The summed E-state index contributed by atoms with van der Waals surface area (Å²) in [7, 11) is 0. The van der Waals surface area contributed by atoms with Crippen molar-refractivity contribution in [1.29, 1.82) is 0 Å². The maximum absolute atomic E-state index is 6.22. The van der Waals surface area contributed by atoms with Gasteiger partial charge in [0.2, 0.25) is 0 Å². The molecule has 4 rings (SSSR count). The molecule has 2 unspecified atom stereocenters. The van der Waals surface area contributed by atoms with Crippen LogP contribution in [0.1, 0.15) is 43.7 Å². The molecule has 0 aromatic heterocycles. The summed E-state index contributed by atoms with van der Waals surface area (Å²) in [5, 5.41) is 6.96. The van der Waals surface area contributed by atoms with E-state index in [4.69, 9.17) is 14.5 Å². The molecule has 2 heterocycles. The van der Waals surface area contributed by atoms with E-state index >= 15 is 0 Å². The van der Waals surface area contributed by atoms with Gasteiger partial charge in [-0.15, -0.1) is 0 Å². The van der Waals surface area contributed by atoms with Crippen molar-refractivity contribution in [2.75, 3.05) is 39.4 Å². The fourth-order valence-corrected chi connectivity index (χ4v) is 4.24. The van der Waals surface area contributed by atoms with Crippen LogP contribution in [-0.4, -0.2) is 62.4 Å². The summed E-state index contributed by atoms with van der Waals surface area (Å²) in [5.41, 5.74) is 2.33. The minimum atomic E-state index is 0.155. The lowest BCUT2D eigenvalue weighted by molar-refractivity contribution is 0.140. The lowest BCUT2D eigenvalue weighted by Crippen LogP contribution is -2.40. The Kier molecular flexibility index (Phi) is 6.93. The largest absolute Gasteiger partial charge is 0.488 e. The van der Waals surface area contributed by atoms with Crippen LogP contribution in [0, 0.1) is 12.8 Å². The second kappa shape index (κ2) is 9.81. The molecule has 1 aliphatic carbocycles. The Morgan fingerprint density at radius 2 is 2.14 bits per heavy atom. The second-order valence-electron chi connectivity index (χ2n) is 8.67. The minimum Gasteiger partial charge on any atom is -0.488 e. The van der Waals surface area contributed by atoms with E-state index in [9.17, 15) is 0 Å². The lowest BCUT2D eigenvalue weighted by atomic mass is 10.1. The molecule has 6 heteroatoms. The normalized spacial score (nSPS) is 25.4. The Balaban J connectivity index is 1.34. The molecule has 0 spiro atoms. The number of nitrogens with one attached hydrogen (secondary N) is 2. The Morgan fingerprint density at radius 3 is 2.90 bits per heavy atom.